The predicted molar refractivity (Wildman–Crippen MR) is 160 cm³/mol. The Bertz CT molecular complexity index is 1350. The maximum absolute atomic E-state index is 12.3. The Morgan fingerprint density at radius 3 is 2.26 bits per heavy atom. The first-order valence-corrected chi connectivity index (χ1v) is 14.8. The maximum atomic E-state index is 12.3. The number of rotatable bonds is 10. The fraction of sp³-hybridized carbons (Fsp3) is 0.412. The van der Waals surface area contributed by atoms with Gasteiger partial charge >= 0.3 is 5.97 Å². The minimum absolute atomic E-state index is 0.0327. The zero-order valence-electron chi connectivity index (χ0n) is 24.6. The third kappa shape index (κ3) is 7.87. The van der Waals surface area contributed by atoms with Crippen LogP contribution < -0.4 is 5.32 Å². The number of hydrogen-bond acceptors (Lipinski definition) is 8. The normalized spacial score (nSPS) is 24.8. The summed E-state index contributed by atoms with van der Waals surface area (Å²) in [5.41, 5.74) is 4.65. The summed E-state index contributed by atoms with van der Waals surface area (Å²) in [5, 5.41) is 22.6. The highest BCUT2D eigenvalue weighted by molar-refractivity contribution is 5.82. The molecule has 1 amide bonds. The number of benzene rings is 3. The summed E-state index contributed by atoms with van der Waals surface area (Å²) in [7, 11) is 0. The standard InChI is InChI=1S/C34H40N2O7/c1-22(41-23(2)38)33(40)35-18-24-8-14-28(15-9-24)34-42-30(20-36-17-16-29(39)19-36)31(26-6-4-3-5-7-26)32(43-34)27-12-10-25(21-37)11-13-27/h3-15,22,29-32,34,37,39H,16-21H2,1-2H3,(H,35,40)/t22-,29+,30+,31+,32-,34?/m0/s1. The molecule has 5 rings (SSSR count). The van der Waals surface area contributed by atoms with Crippen molar-refractivity contribution in [3.63, 3.8) is 0 Å². The smallest absolute Gasteiger partial charge is 0.303 e. The van der Waals surface area contributed by atoms with Gasteiger partial charge in [0.15, 0.2) is 12.4 Å². The van der Waals surface area contributed by atoms with Crippen molar-refractivity contribution in [1.29, 1.82) is 0 Å². The first-order chi connectivity index (χ1) is 20.8. The van der Waals surface area contributed by atoms with Crippen LogP contribution in [0.1, 0.15) is 66.4 Å². The van der Waals surface area contributed by atoms with Crippen molar-refractivity contribution in [2.24, 2.45) is 0 Å². The molecule has 0 radical (unpaired) electrons. The fourth-order valence-corrected chi connectivity index (χ4v) is 5.83. The van der Waals surface area contributed by atoms with E-state index in [1.165, 1.54) is 13.8 Å². The molecule has 9 nitrogen and oxygen atoms in total. The third-order valence-corrected chi connectivity index (χ3v) is 8.09. The lowest BCUT2D eigenvalue weighted by molar-refractivity contribution is -0.263. The number of carbonyl (C=O) groups excluding carboxylic acids is 2. The molecule has 0 aliphatic carbocycles. The molecule has 2 fully saturated rings. The molecule has 9 heteroatoms. The number of esters is 1. The molecule has 0 spiro atoms. The van der Waals surface area contributed by atoms with E-state index >= 15 is 0 Å². The molecule has 2 aliphatic heterocycles. The summed E-state index contributed by atoms with van der Waals surface area (Å²) < 4.78 is 18.4. The Kier molecular flexibility index (Phi) is 10.2. The second-order valence-corrected chi connectivity index (χ2v) is 11.3. The van der Waals surface area contributed by atoms with E-state index in [4.69, 9.17) is 14.2 Å². The van der Waals surface area contributed by atoms with Gasteiger partial charge in [-0.2, -0.15) is 0 Å². The second kappa shape index (κ2) is 14.2. The summed E-state index contributed by atoms with van der Waals surface area (Å²) >= 11 is 0. The van der Waals surface area contributed by atoms with Crippen molar-refractivity contribution in [3.05, 3.63) is 107 Å². The van der Waals surface area contributed by atoms with E-state index in [9.17, 15) is 19.8 Å². The van der Waals surface area contributed by atoms with Crippen LogP contribution in [0.2, 0.25) is 0 Å². The van der Waals surface area contributed by atoms with E-state index in [0.29, 0.717) is 13.1 Å². The van der Waals surface area contributed by atoms with Crippen molar-refractivity contribution in [2.45, 2.75) is 70.0 Å². The van der Waals surface area contributed by atoms with Crippen LogP contribution in [0.4, 0.5) is 0 Å². The molecule has 228 valence electrons. The molecular weight excluding hydrogens is 548 g/mol. The van der Waals surface area contributed by atoms with E-state index in [-0.39, 0.29) is 43.3 Å². The van der Waals surface area contributed by atoms with Gasteiger partial charge in [0.2, 0.25) is 0 Å². The van der Waals surface area contributed by atoms with E-state index in [2.05, 4.69) is 22.3 Å². The SMILES string of the molecule is CC(=O)O[C@@H](C)C(=O)NCc1ccc(C2O[C@H](CN3CC[C@@H](O)C3)[C@@H](c3ccccc3)[C@H](c3ccc(CO)cc3)O2)cc1. The van der Waals surface area contributed by atoms with Gasteiger partial charge in [-0.15, -0.1) is 0 Å². The quantitative estimate of drug-likeness (QED) is 0.307. The number of nitrogens with zero attached hydrogens (tertiary/aromatic N) is 1. The first-order valence-electron chi connectivity index (χ1n) is 14.8. The van der Waals surface area contributed by atoms with Crippen LogP contribution in [0.3, 0.4) is 0 Å². The van der Waals surface area contributed by atoms with Crippen LogP contribution in [-0.4, -0.2) is 64.9 Å². The van der Waals surface area contributed by atoms with Crippen LogP contribution in [0.25, 0.3) is 0 Å². The number of carbonyl (C=O) groups is 2. The van der Waals surface area contributed by atoms with Crippen LogP contribution in [-0.2, 0) is 37.0 Å². The molecule has 0 saturated carbocycles. The van der Waals surface area contributed by atoms with Gasteiger partial charge in [-0.3, -0.25) is 14.5 Å². The van der Waals surface area contributed by atoms with Crippen molar-refractivity contribution < 1.29 is 34.0 Å². The molecule has 43 heavy (non-hydrogen) atoms. The molecule has 2 aliphatic rings. The van der Waals surface area contributed by atoms with E-state index in [1.807, 2.05) is 66.7 Å². The van der Waals surface area contributed by atoms with Gasteiger partial charge in [0.05, 0.1) is 24.9 Å². The molecule has 6 atom stereocenters. The average Bonchev–Trinajstić information content (AvgIpc) is 3.44. The lowest BCUT2D eigenvalue weighted by Gasteiger charge is -2.44. The van der Waals surface area contributed by atoms with Gasteiger partial charge in [0, 0.05) is 44.6 Å². The van der Waals surface area contributed by atoms with Crippen LogP contribution in [0.15, 0.2) is 78.9 Å². The number of nitrogens with one attached hydrogen (secondary N) is 1. The molecule has 0 bridgehead atoms. The maximum Gasteiger partial charge on any atom is 0.303 e. The van der Waals surface area contributed by atoms with E-state index in [1.54, 1.807) is 0 Å². The van der Waals surface area contributed by atoms with E-state index < -0.39 is 18.4 Å². The summed E-state index contributed by atoms with van der Waals surface area (Å²) in [5.74, 6) is -0.977. The van der Waals surface area contributed by atoms with Crippen LogP contribution in [0.5, 0.6) is 0 Å². The molecule has 3 aromatic carbocycles. The highest BCUT2D eigenvalue weighted by Crippen LogP contribution is 2.47. The summed E-state index contributed by atoms with van der Waals surface area (Å²) in [6.07, 6.45) is -1.66. The van der Waals surface area contributed by atoms with Gasteiger partial charge in [-0.1, -0.05) is 78.9 Å². The van der Waals surface area contributed by atoms with Crippen LogP contribution >= 0.6 is 0 Å². The molecule has 1 unspecified atom stereocenters. The van der Waals surface area contributed by atoms with Crippen LogP contribution in [0, 0.1) is 0 Å². The molecule has 0 aromatic heterocycles. The number of β-amino-alcohol motifs (C(OH)–C–C–N with tert-alkyl or cyclic N) is 1. The highest BCUT2D eigenvalue weighted by atomic mass is 16.7. The Balaban J connectivity index is 1.40. The lowest BCUT2D eigenvalue weighted by atomic mass is 9.83. The molecule has 3 aromatic rings. The number of aliphatic hydroxyl groups excluding tert-OH is 2. The van der Waals surface area contributed by atoms with Crippen molar-refractivity contribution in [3.8, 4) is 0 Å². The van der Waals surface area contributed by atoms with Crippen molar-refractivity contribution >= 4 is 11.9 Å². The average molecular weight is 589 g/mol. The Morgan fingerprint density at radius 1 is 0.953 bits per heavy atom. The summed E-state index contributed by atoms with van der Waals surface area (Å²) in [6, 6.07) is 25.8. The number of amides is 1. The van der Waals surface area contributed by atoms with E-state index in [0.717, 1.165) is 40.8 Å². The predicted octanol–water partition coefficient (Wildman–Crippen LogP) is 3.75. The van der Waals surface area contributed by atoms with Crippen molar-refractivity contribution in [1.82, 2.24) is 10.2 Å². The Labute approximate surface area is 252 Å². The van der Waals surface area contributed by atoms with Gasteiger partial charge in [-0.05, 0) is 35.6 Å². The lowest BCUT2D eigenvalue weighted by Crippen LogP contribution is -2.44. The Morgan fingerprint density at radius 2 is 1.63 bits per heavy atom. The topological polar surface area (TPSA) is 118 Å². The zero-order valence-corrected chi connectivity index (χ0v) is 24.6. The molecular formula is C34H40N2O7. The van der Waals surface area contributed by atoms with Crippen molar-refractivity contribution in [2.75, 3.05) is 19.6 Å². The van der Waals surface area contributed by atoms with Gasteiger partial charge in [-0.25, -0.2) is 0 Å². The Hall–Kier alpha value is -3.60. The number of aliphatic hydroxyl groups is 2. The van der Waals surface area contributed by atoms with Gasteiger partial charge in [0.1, 0.15) is 0 Å². The third-order valence-electron chi connectivity index (χ3n) is 8.09. The number of hydrogen-bond donors (Lipinski definition) is 3. The molecule has 3 N–H and O–H groups in total. The summed E-state index contributed by atoms with van der Waals surface area (Å²) in [4.78, 5) is 25.7. The monoisotopic (exact) mass is 588 g/mol. The largest absolute Gasteiger partial charge is 0.453 e. The zero-order chi connectivity index (χ0) is 30.3. The van der Waals surface area contributed by atoms with Gasteiger partial charge in [0.25, 0.3) is 5.91 Å². The number of likely N-dealkylation sites (tertiary alicyclic amines) is 1. The minimum atomic E-state index is -0.865. The number of ether oxygens (including phenoxy) is 3. The fourth-order valence-electron chi connectivity index (χ4n) is 5.83. The minimum Gasteiger partial charge on any atom is -0.453 e. The highest BCUT2D eigenvalue weighted by Gasteiger charge is 2.43. The molecule has 2 saturated heterocycles. The first kappa shape index (κ1) is 30.8. The molecule has 2 heterocycles. The van der Waals surface area contributed by atoms with Gasteiger partial charge < -0.3 is 29.7 Å². The summed E-state index contributed by atoms with van der Waals surface area (Å²) in [6.45, 7) is 5.12. The second-order valence-electron chi connectivity index (χ2n) is 11.3.